The Labute approximate surface area is 117 Å². The van der Waals surface area contributed by atoms with Gasteiger partial charge in [0, 0.05) is 24.8 Å². The third-order valence-electron chi connectivity index (χ3n) is 3.02. The van der Waals surface area contributed by atoms with Crippen LogP contribution in [0.25, 0.3) is 0 Å². The van der Waals surface area contributed by atoms with Gasteiger partial charge < -0.3 is 4.90 Å². The molecule has 106 valence electrons. The van der Waals surface area contributed by atoms with Crippen LogP contribution >= 0.6 is 0 Å². The minimum Gasteiger partial charge on any atom is -0.370 e. The van der Waals surface area contributed by atoms with E-state index in [9.17, 15) is 14.9 Å². The van der Waals surface area contributed by atoms with E-state index in [1.165, 1.54) is 19.1 Å². The van der Waals surface area contributed by atoms with Crippen molar-refractivity contribution in [2.24, 2.45) is 5.92 Å². The Bertz CT molecular complexity index is 563. The Morgan fingerprint density at radius 2 is 2.20 bits per heavy atom. The van der Waals surface area contributed by atoms with Crippen molar-refractivity contribution >= 4 is 17.2 Å². The number of ketones is 1. The maximum atomic E-state index is 11.5. The molecule has 0 aromatic heterocycles. The maximum absolute atomic E-state index is 11.5. The lowest BCUT2D eigenvalue weighted by Gasteiger charge is -2.24. The highest BCUT2D eigenvalue weighted by Gasteiger charge is 2.19. The molecule has 0 saturated heterocycles. The maximum Gasteiger partial charge on any atom is 0.280 e. The molecule has 0 aliphatic rings. The number of anilines is 1. The molecule has 6 heteroatoms. The second kappa shape index (κ2) is 6.66. The standard InChI is InChI=1S/C14H17N3O3/c1-4-16(9-10(2)8-15)12-5-6-14(17(19)20)13(7-12)11(3)18/h5-7,10H,4,9H2,1-3H3. The van der Waals surface area contributed by atoms with E-state index >= 15 is 0 Å². The summed E-state index contributed by atoms with van der Waals surface area (Å²) in [6, 6.07) is 6.62. The molecule has 0 aliphatic heterocycles. The van der Waals surface area contributed by atoms with E-state index in [-0.39, 0.29) is 23.0 Å². The lowest BCUT2D eigenvalue weighted by molar-refractivity contribution is -0.385. The quantitative estimate of drug-likeness (QED) is 0.452. The Morgan fingerprint density at radius 1 is 1.55 bits per heavy atom. The topological polar surface area (TPSA) is 87.2 Å². The van der Waals surface area contributed by atoms with Crippen LogP contribution in [0.1, 0.15) is 31.1 Å². The third-order valence-corrected chi connectivity index (χ3v) is 3.02. The first kappa shape index (κ1) is 15.6. The molecule has 20 heavy (non-hydrogen) atoms. The smallest absolute Gasteiger partial charge is 0.280 e. The molecular formula is C14H17N3O3. The number of rotatable bonds is 6. The summed E-state index contributed by atoms with van der Waals surface area (Å²) in [6.45, 7) is 6.21. The Kier molecular flexibility index (Phi) is 5.21. The molecule has 6 nitrogen and oxygen atoms in total. The molecular weight excluding hydrogens is 258 g/mol. The van der Waals surface area contributed by atoms with Crippen LogP contribution in [0.15, 0.2) is 18.2 Å². The number of hydrogen-bond donors (Lipinski definition) is 0. The van der Waals surface area contributed by atoms with E-state index < -0.39 is 4.92 Å². The zero-order valence-electron chi connectivity index (χ0n) is 11.8. The third kappa shape index (κ3) is 3.54. The molecule has 1 rings (SSSR count). The van der Waals surface area contributed by atoms with E-state index in [4.69, 9.17) is 5.26 Å². The van der Waals surface area contributed by atoms with Crippen LogP contribution < -0.4 is 4.90 Å². The monoisotopic (exact) mass is 275 g/mol. The van der Waals surface area contributed by atoms with Crippen molar-refractivity contribution in [1.29, 1.82) is 5.26 Å². The predicted molar refractivity (Wildman–Crippen MR) is 75.8 cm³/mol. The number of nitro benzene ring substituents is 1. The van der Waals surface area contributed by atoms with Crippen LogP contribution in [0.2, 0.25) is 0 Å². The van der Waals surface area contributed by atoms with Gasteiger partial charge in [-0.25, -0.2) is 0 Å². The van der Waals surface area contributed by atoms with Crippen molar-refractivity contribution in [2.45, 2.75) is 20.8 Å². The molecule has 0 fully saturated rings. The van der Waals surface area contributed by atoms with Crippen molar-refractivity contribution in [1.82, 2.24) is 0 Å². The highest BCUT2D eigenvalue weighted by molar-refractivity contribution is 5.99. The Morgan fingerprint density at radius 3 is 2.65 bits per heavy atom. The van der Waals surface area contributed by atoms with Gasteiger partial charge >= 0.3 is 0 Å². The van der Waals surface area contributed by atoms with Crippen molar-refractivity contribution in [3.05, 3.63) is 33.9 Å². The number of nitrogens with zero attached hydrogens (tertiary/aromatic N) is 3. The van der Waals surface area contributed by atoms with Gasteiger partial charge in [-0.3, -0.25) is 14.9 Å². The van der Waals surface area contributed by atoms with Gasteiger partial charge in [0.25, 0.3) is 5.69 Å². The molecule has 0 amide bonds. The van der Waals surface area contributed by atoms with Crippen LogP contribution in [-0.4, -0.2) is 23.8 Å². The first-order valence-electron chi connectivity index (χ1n) is 6.34. The van der Waals surface area contributed by atoms with E-state index in [0.29, 0.717) is 18.8 Å². The fraction of sp³-hybridized carbons (Fsp3) is 0.429. The van der Waals surface area contributed by atoms with Crippen LogP contribution in [0, 0.1) is 27.4 Å². The lowest BCUT2D eigenvalue weighted by Crippen LogP contribution is -2.27. The molecule has 1 atom stereocenters. The normalized spacial score (nSPS) is 11.5. The fourth-order valence-corrected chi connectivity index (χ4v) is 1.95. The first-order valence-corrected chi connectivity index (χ1v) is 6.34. The summed E-state index contributed by atoms with van der Waals surface area (Å²) in [7, 11) is 0. The molecule has 0 spiro atoms. The van der Waals surface area contributed by atoms with Crippen molar-refractivity contribution in [3.63, 3.8) is 0 Å². The lowest BCUT2D eigenvalue weighted by atomic mass is 10.1. The molecule has 1 aromatic carbocycles. The summed E-state index contributed by atoms with van der Waals surface area (Å²) in [4.78, 5) is 23.8. The molecule has 0 bridgehead atoms. The molecule has 0 aliphatic carbocycles. The molecule has 0 radical (unpaired) electrons. The first-order chi connectivity index (χ1) is 9.40. The number of nitriles is 1. The summed E-state index contributed by atoms with van der Waals surface area (Å²) in [5.41, 5.74) is 0.617. The second-order valence-corrected chi connectivity index (χ2v) is 4.58. The number of carbonyl (C=O) groups is 1. The van der Waals surface area contributed by atoms with Crippen molar-refractivity contribution in [3.8, 4) is 6.07 Å². The highest BCUT2D eigenvalue weighted by atomic mass is 16.6. The number of benzene rings is 1. The van der Waals surface area contributed by atoms with Gasteiger partial charge in [0.2, 0.25) is 0 Å². The van der Waals surface area contributed by atoms with Crippen LogP contribution in [0.4, 0.5) is 11.4 Å². The minimum absolute atomic E-state index is 0.0931. The van der Waals surface area contributed by atoms with Gasteiger partial charge in [-0.05, 0) is 32.9 Å². The Balaban J connectivity index is 3.19. The number of carbonyl (C=O) groups excluding carboxylic acids is 1. The molecule has 0 saturated carbocycles. The van der Waals surface area contributed by atoms with Gasteiger partial charge in [0.15, 0.2) is 5.78 Å². The second-order valence-electron chi connectivity index (χ2n) is 4.58. The fourth-order valence-electron chi connectivity index (χ4n) is 1.95. The summed E-state index contributed by atoms with van der Waals surface area (Å²) >= 11 is 0. The SMILES string of the molecule is CCN(CC(C)C#N)c1ccc([N+](=O)[O-])c(C(C)=O)c1. The van der Waals surface area contributed by atoms with Crippen LogP contribution in [-0.2, 0) is 0 Å². The van der Waals surface area contributed by atoms with E-state index in [0.717, 1.165) is 0 Å². The van der Waals surface area contributed by atoms with Crippen molar-refractivity contribution in [2.75, 3.05) is 18.0 Å². The van der Waals surface area contributed by atoms with Gasteiger partial charge in [-0.1, -0.05) is 0 Å². The number of hydrogen-bond acceptors (Lipinski definition) is 5. The highest BCUT2D eigenvalue weighted by Crippen LogP contribution is 2.26. The minimum atomic E-state index is -0.561. The summed E-state index contributed by atoms with van der Waals surface area (Å²) in [6.07, 6.45) is 0. The summed E-state index contributed by atoms with van der Waals surface area (Å²) in [5, 5.41) is 19.8. The van der Waals surface area contributed by atoms with Crippen molar-refractivity contribution < 1.29 is 9.72 Å². The summed E-state index contributed by atoms with van der Waals surface area (Å²) < 4.78 is 0. The molecule has 0 heterocycles. The van der Waals surface area contributed by atoms with Gasteiger partial charge in [-0.15, -0.1) is 0 Å². The zero-order valence-corrected chi connectivity index (χ0v) is 11.8. The van der Waals surface area contributed by atoms with Gasteiger partial charge in [0.1, 0.15) is 0 Å². The van der Waals surface area contributed by atoms with E-state index in [1.807, 2.05) is 11.8 Å². The van der Waals surface area contributed by atoms with Crippen LogP contribution in [0.5, 0.6) is 0 Å². The summed E-state index contributed by atoms with van der Waals surface area (Å²) in [5.74, 6) is -0.506. The molecule has 0 N–H and O–H groups in total. The number of nitro groups is 1. The average Bonchev–Trinajstić information content (AvgIpc) is 2.43. The van der Waals surface area contributed by atoms with Gasteiger partial charge in [-0.2, -0.15) is 5.26 Å². The van der Waals surface area contributed by atoms with Gasteiger partial charge in [0.05, 0.1) is 22.5 Å². The van der Waals surface area contributed by atoms with E-state index in [1.54, 1.807) is 13.0 Å². The zero-order chi connectivity index (χ0) is 15.3. The average molecular weight is 275 g/mol. The Hall–Kier alpha value is -2.42. The predicted octanol–water partition coefficient (Wildman–Crippen LogP) is 2.78. The van der Waals surface area contributed by atoms with E-state index in [2.05, 4.69) is 6.07 Å². The largest absolute Gasteiger partial charge is 0.370 e. The molecule has 1 aromatic rings. The van der Waals surface area contributed by atoms with Crippen LogP contribution in [0.3, 0.4) is 0 Å². The number of Topliss-reactive ketones (excluding diaryl/α,β-unsaturated/α-hetero) is 1. The molecule has 1 unspecified atom stereocenters.